The van der Waals surface area contributed by atoms with Crippen LogP contribution in [0.15, 0.2) is 65.6 Å². The number of aryl methyl sites for hydroxylation is 1. The first-order chi connectivity index (χ1) is 12.5. The Labute approximate surface area is 149 Å². The van der Waals surface area contributed by atoms with Gasteiger partial charge in [0.25, 0.3) is 0 Å². The summed E-state index contributed by atoms with van der Waals surface area (Å²) in [6.45, 7) is 2.45. The summed E-state index contributed by atoms with van der Waals surface area (Å²) < 4.78 is 46.1. The molecule has 1 unspecified atom stereocenters. The number of aromatic nitrogens is 1. The Hall–Kier alpha value is -2.47. The normalized spacial score (nSPS) is 18.5. The zero-order valence-electron chi connectivity index (χ0n) is 14.1. The summed E-state index contributed by atoms with van der Waals surface area (Å²) in [5.74, 6) is 0. The van der Waals surface area contributed by atoms with Crippen LogP contribution in [0.1, 0.15) is 34.8 Å². The Morgan fingerprint density at radius 3 is 2.54 bits per heavy atom. The molecule has 26 heavy (non-hydrogen) atoms. The Kier molecular flexibility index (Phi) is 4.36. The average molecular weight is 360 g/mol. The number of alkyl halides is 3. The van der Waals surface area contributed by atoms with Crippen LogP contribution < -0.4 is 0 Å². The third-order valence-corrected chi connectivity index (χ3v) is 4.87. The van der Waals surface area contributed by atoms with Crippen LogP contribution in [0.4, 0.5) is 13.2 Å². The van der Waals surface area contributed by atoms with Gasteiger partial charge in [0, 0.05) is 37.1 Å². The molecule has 3 aromatic rings. The van der Waals surface area contributed by atoms with E-state index in [0.717, 1.165) is 36.3 Å². The molecule has 0 N–H and O–H groups in total. The molecule has 0 fully saturated rings. The van der Waals surface area contributed by atoms with E-state index in [1.807, 2.05) is 18.3 Å². The number of nitrogens with zero attached hydrogens (tertiary/aromatic N) is 2. The molecule has 0 radical (unpaired) electrons. The van der Waals surface area contributed by atoms with E-state index < -0.39 is 11.7 Å². The number of benzene rings is 1. The van der Waals surface area contributed by atoms with E-state index in [2.05, 4.69) is 15.5 Å². The second kappa shape index (κ2) is 6.68. The molecule has 3 heterocycles. The van der Waals surface area contributed by atoms with Gasteiger partial charge < -0.3 is 8.98 Å². The Morgan fingerprint density at radius 2 is 1.85 bits per heavy atom. The fourth-order valence-corrected chi connectivity index (χ4v) is 3.66. The SMILES string of the molecule is FC(F)(F)c1ccc(C2c3cccn3CCCN2Cc2ccoc2)cc1. The first kappa shape index (κ1) is 17.0. The van der Waals surface area contributed by atoms with Crippen LogP contribution >= 0.6 is 0 Å². The maximum atomic E-state index is 12.9. The van der Waals surface area contributed by atoms with Gasteiger partial charge in [-0.25, -0.2) is 0 Å². The van der Waals surface area contributed by atoms with Gasteiger partial charge in [0.2, 0.25) is 0 Å². The van der Waals surface area contributed by atoms with E-state index in [1.165, 1.54) is 12.1 Å². The van der Waals surface area contributed by atoms with Crippen molar-refractivity contribution < 1.29 is 17.6 Å². The summed E-state index contributed by atoms with van der Waals surface area (Å²) in [6, 6.07) is 11.4. The van der Waals surface area contributed by atoms with E-state index in [4.69, 9.17) is 4.42 Å². The van der Waals surface area contributed by atoms with Crippen LogP contribution in [0.3, 0.4) is 0 Å². The minimum atomic E-state index is -4.32. The van der Waals surface area contributed by atoms with Gasteiger partial charge in [0.05, 0.1) is 24.1 Å². The Morgan fingerprint density at radius 1 is 1.04 bits per heavy atom. The fourth-order valence-electron chi connectivity index (χ4n) is 3.66. The zero-order valence-corrected chi connectivity index (χ0v) is 14.1. The van der Waals surface area contributed by atoms with E-state index in [0.29, 0.717) is 6.54 Å². The molecule has 0 saturated heterocycles. The van der Waals surface area contributed by atoms with Gasteiger partial charge in [-0.1, -0.05) is 12.1 Å². The Balaban J connectivity index is 1.72. The summed E-state index contributed by atoms with van der Waals surface area (Å²) in [6.07, 6.45) is 2.06. The molecular formula is C20H19F3N2O. The zero-order chi connectivity index (χ0) is 18.1. The lowest BCUT2D eigenvalue weighted by Crippen LogP contribution is -2.29. The Bertz CT molecular complexity index is 850. The van der Waals surface area contributed by atoms with Crippen molar-refractivity contribution in [3.63, 3.8) is 0 Å². The average Bonchev–Trinajstić information content (AvgIpc) is 3.24. The maximum Gasteiger partial charge on any atom is 0.416 e. The first-order valence-electron chi connectivity index (χ1n) is 8.60. The second-order valence-electron chi connectivity index (χ2n) is 6.60. The van der Waals surface area contributed by atoms with Crippen LogP contribution in [0.5, 0.6) is 0 Å². The smallest absolute Gasteiger partial charge is 0.416 e. The van der Waals surface area contributed by atoms with Crippen molar-refractivity contribution in [2.45, 2.75) is 31.7 Å². The van der Waals surface area contributed by atoms with Crippen molar-refractivity contribution in [1.29, 1.82) is 0 Å². The highest BCUT2D eigenvalue weighted by atomic mass is 19.4. The number of furan rings is 1. The largest absolute Gasteiger partial charge is 0.472 e. The van der Waals surface area contributed by atoms with Crippen LogP contribution in [-0.2, 0) is 19.3 Å². The number of fused-ring (bicyclic) bond motifs is 1. The highest BCUT2D eigenvalue weighted by molar-refractivity contribution is 5.33. The van der Waals surface area contributed by atoms with E-state index in [1.54, 1.807) is 24.7 Å². The minimum absolute atomic E-state index is 0.0929. The van der Waals surface area contributed by atoms with Gasteiger partial charge in [-0.3, -0.25) is 4.90 Å². The van der Waals surface area contributed by atoms with Crippen molar-refractivity contribution >= 4 is 0 Å². The molecule has 0 spiro atoms. The number of rotatable bonds is 3. The van der Waals surface area contributed by atoms with Gasteiger partial charge in [0.15, 0.2) is 0 Å². The highest BCUT2D eigenvalue weighted by Gasteiger charge is 2.32. The van der Waals surface area contributed by atoms with Gasteiger partial charge in [-0.15, -0.1) is 0 Å². The molecule has 0 aliphatic carbocycles. The number of hydrogen-bond donors (Lipinski definition) is 0. The molecular weight excluding hydrogens is 341 g/mol. The molecule has 4 rings (SSSR count). The second-order valence-corrected chi connectivity index (χ2v) is 6.60. The fraction of sp³-hybridized carbons (Fsp3) is 0.300. The van der Waals surface area contributed by atoms with Crippen LogP contribution in [0, 0.1) is 0 Å². The summed E-state index contributed by atoms with van der Waals surface area (Å²) in [5.41, 5.74) is 2.41. The predicted octanol–water partition coefficient (Wildman–Crippen LogP) is 5.10. The molecule has 1 aliphatic heterocycles. The minimum Gasteiger partial charge on any atom is -0.472 e. The topological polar surface area (TPSA) is 21.3 Å². The lowest BCUT2D eigenvalue weighted by atomic mass is 9.99. The number of hydrogen-bond acceptors (Lipinski definition) is 2. The van der Waals surface area contributed by atoms with Crippen LogP contribution in [-0.4, -0.2) is 16.0 Å². The molecule has 0 amide bonds. The molecule has 136 valence electrons. The van der Waals surface area contributed by atoms with Crippen molar-refractivity contribution in [2.24, 2.45) is 0 Å². The first-order valence-corrected chi connectivity index (χ1v) is 8.60. The van der Waals surface area contributed by atoms with Crippen molar-refractivity contribution in [1.82, 2.24) is 9.47 Å². The maximum absolute atomic E-state index is 12.9. The van der Waals surface area contributed by atoms with Crippen LogP contribution in [0.2, 0.25) is 0 Å². The molecule has 0 bridgehead atoms. The van der Waals surface area contributed by atoms with Crippen molar-refractivity contribution in [2.75, 3.05) is 6.54 Å². The van der Waals surface area contributed by atoms with E-state index in [-0.39, 0.29) is 6.04 Å². The summed E-state index contributed by atoms with van der Waals surface area (Å²) >= 11 is 0. The summed E-state index contributed by atoms with van der Waals surface area (Å²) in [5, 5.41) is 0. The third kappa shape index (κ3) is 3.29. The van der Waals surface area contributed by atoms with Crippen molar-refractivity contribution in [3.8, 4) is 0 Å². The predicted molar refractivity (Wildman–Crippen MR) is 91.5 cm³/mol. The number of halogens is 3. The van der Waals surface area contributed by atoms with Gasteiger partial charge in [-0.05, 0) is 42.3 Å². The molecule has 3 nitrogen and oxygen atoms in total. The molecule has 0 saturated carbocycles. The molecule has 2 aromatic heterocycles. The van der Waals surface area contributed by atoms with E-state index >= 15 is 0 Å². The van der Waals surface area contributed by atoms with Gasteiger partial charge in [-0.2, -0.15) is 13.2 Å². The molecule has 1 aliphatic rings. The van der Waals surface area contributed by atoms with Gasteiger partial charge >= 0.3 is 6.18 Å². The quantitative estimate of drug-likeness (QED) is 0.648. The van der Waals surface area contributed by atoms with Crippen LogP contribution in [0.25, 0.3) is 0 Å². The monoisotopic (exact) mass is 360 g/mol. The molecule has 1 atom stereocenters. The highest BCUT2D eigenvalue weighted by Crippen LogP contribution is 2.35. The van der Waals surface area contributed by atoms with Gasteiger partial charge in [0.1, 0.15) is 0 Å². The summed E-state index contributed by atoms with van der Waals surface area (Å²) in [4.78, 5) is 2.30. The molecule has 6 heteroatoms. The lowest BCUT2D eigenvalue weighted by molar-refractivity contribution is -0.137. The van der Waals surface area contributed by atoms with E-state index in [9.17, 15) is 13.2 Å². The lowest BCUT2D eigenvalue weighted by Gasteiger charge is -2.30. The third-order valence-electron chi connectivity index (χ3n) is 4.87. The molecule has 1 aromatic carbocycles. The summed E-state index contributed by atoms with van der Waals surface area (Å²) in [7, 11) is 0. The van der Waals surface area contributed by atoms with Crippen molar-refractivity contribution in [3.05, 3.63) is 83.6 Å². The standard InChI is InChI=1S/C20H19F3N2O/c21-20(22,23)17-6-4-16(5-7-17)19-18-3-1-9-24(18)10-2-11-25(19)13-15-8-12-26-14-15/h1,3-9,12,14,19H,2,10-11,13H2.